The number of rotatable bonds is 8. The third-order valence-corrected chi connectivity index (χ3v) is 5.42. The van der Waals surface area contributed by atoms with E-state index in [0.717, 1.165) is 27.8 Å². The summed E-state index contributed by atoms with van der Waals surface area (Å²) in [4.78, 5) is 16.1. The van der Waals surface area contributed by atoms with Crippen LogP contribution in [0, 0.1) is 0 Å². The van der Waals surface area contributed by atoms with E-state index in [9.17, 15) is 4.79 Å². The van der Waals surface area contributed by atoms with Gasteiger partial charge in [0.15, 0.2) is 6.10 Å². The summed E-state index contributed by atoms with van der Waals surface area (Å²) < 4.78 is 11.1. The van der Waals surface area contributed by atoms with Gasteiger partial charge in [0, 0.05) is 29.6 Å². The zero-order chi connectivity index (χ0) is 21.6. The molecule has 158 valence electrons. The highest BCUT2D eigenvalue weighted by molar-refractivity contribution is 5.85. The zero-order valence-corrected chi connectivity index (χ0v) is 17.7. The molecule has 5 nitrogen and oxygen atoms in total. The third kappa shape index (κ3) is 4.72. The predicted molar refractivity (Wildman–Crippen MR) is 123 cm³/mol. The molecule has 0 saturated carbocycles. The summed E-state index contributed by atoms with van der Waals surface area (Å²) in [5.74, 6) is 1.31. The van der Waals surface area contributed by atoms with Crippen LogP contribution in [0.3, 0.4) is 0 Å². The fourth-order valence-electron chi connectivity index (χ4n) is 3.73. The van der Waals surface area contributed by atoms with Crippen molar-refractivity contribution in [1.82, 2.24) is 10.3 Å². The van der Waals surface area contributed by atoms with E-state index in [2.05, 4.69) is 22.4 Å². The summed E-state index contributed by atoms with van der Waals surface area (Å²) in [5, 5.41) is 4.22. The number of ether oxygens (including phenoxy) is 2. The van der Waals surface area contributed by atoms with Crippen LogP contribution in [0.5, 0.6) is 11.5 Å². The van der Waals surface area contributed by atoms with Gasteiger partial charge in [-0.3, -0.25) is 4.79 Å². The van der Waals surface area contributed by atoms with Crippen molar-refractivity contribution in [2.75, 3.05) is 13.7 Å². The molecule has 4 rings (SSSR count). The SMILES string of the molecule is COc1ccc(C(CNC(=O)C(C)Oc2ccccc2)c2c[nH]c3ccccc23)cc1. The molecule has 0 fully saturated rings. The minimum atomic E-state index is -0.595. The molecule has 1 aromatic heterocycles. The van der Waals surface area contributed by atoms with Gasteiger partial charge in [-0.05, 0) is 48.4 Å². The number of para-hydroxylation sites is 2. The Labute approximate surface area is 182 Å². The first-order valence-corrected chi connectivity index (χ1v) is 10.3. The lowest BCUT2D eigenvalue weighted by atomic mass is 9.90. The molecule has 1 amide bonds. The molecule has 5 heteroatoms. The molecule has 0 spiro atoms. The van der Waals surface area contributed by atoms with E-state index >= 15 is 0 Å². The standard InChI is InChI=1S/C26H26N2O3/c1-18(31-21-8-4-3-5-9-21)26(29)28-16-23(19-12-14-20(30-2)15-13-19)24-17-27-25-11-7-6-10-22(24)25/h3-15,17-18,23,27H,16H2,1-2H3,(H,28,29). The molecule has 0 saturated heterocycles. The topological polar surface area (TPSA) is 63.4 Å². The Kier molecular flexibility index (Phi) is 6.22. The number of carbonyl (C=O) groups excluding carboxylic acids is 1. The number of carbonyl (C=O) groups is 1. The molecule has 1 heterocycles. The predicted octanol–water partition coefficient (Wildman–Crippen LogP) is 4.89. The number of fused-ring (bicyclic) bond motifs is 1. The van der Waals surface area contributed by atoms with Crippen LogP contribution in [-0.4, -0.2) is 30.6 Å². The highest BCUT2D eigenvalue weighted by Gasteiger charge is 2.21. The quantitative estimate of drug-likeness (QED) is 0.431. The summed E-state index contributed by atoms with van der Waals surface area (Å²) in [6, 6.07) is 25.5. The minimum Gasteiger partial charge on any atom is -0.497 e. The summed E-state index contributed by atoms with van der Waals surface area (Å²) in [7, 11) is 1.65. The van der Waals surface area contributed by atoms with Gasteiger partial charge < -0.3 is 19.8 Å². The Balaban J connectivity index is 1.55. The lowest BCUT2D eigenvalue weighted by Crippen LogP contribution is -2.38. The number of H-pyrrole nitrogens is 1. The molecule has 0 aliphatic carbocycles. The first-order valence-electron chi connectivity index (χ1n) is 10.3. The van der Waals surface area contributed by atoms with Crippen LogP contribution in [0.4, 0.5) is 0 Å². The molecular weight excluding hydrogens is 388 g/mol. The first kappa shape index (κ1) is 20.5. The smallest absolute Gasteiger partial charge is 0.260 e. The maximum atomic E-state index is 12.8. The lowest BCUT2D eigenvalue weighted by Gasteiger charge is -2.20. The number of amides is 1. The van der Waals surface area contributed by atoms with Crippen molar-refractivity contribution in [3.63, 3.8) is 0 Å². The van der Waals surface area contributed by atoms with E-state index < -0.39 is 6.10 Å². The van der Waals surface area contributed by atoms with E-state index in [4.69, 9.17) is 9.47 Å². The van der Waals surface area contributed by atoms with Crippen molar-refractivity contribution in [2.45, 2.75) is 18.9 Å². The van der Waals surface area contributed by atoms with Gasteiger partial charge in [0.05, 0.1) is 7.11 Å². The highest BCUT2D eigenvalue weighted by Crippen LogP contribution is 2.31. The van der Waals surface area contributed by atoms with Gasteiger partial charge in [0.1, 0.15) is 11.5 Å². The maximum Gasteiger partial charge on any atom is 0.260 e. The maximum absolute atomic E-state index is 12.8. The Morgan fingerprint density at radius 2 is 1.65 bits per heavy atom. The molecule has 0 radical (unpaired) electrons. The molecule has 2 N–H and O–H groups in total. The number of benzene rings is 3. The Morgan fingerprint density at radius 3 is 2.39 bits per heavy atom. The van der Waals surface area contributed by atoms with Crippen molar-refractivity contribution in [2.24, 2.45) is 0 Å². The summed E-state index contributed by atoms with van der Waals surface area (Å²) in [5.41, 5.74) is 3.31. The number of aromatic nitrogens is 1. The second kappa shape index (κ2) is 9.39. The average Bonchev–Trinajstić information content (AvgIpc) is 3.24. The van der Waals surface area contributed by atoms with Crippen molar-refractivity contribution in [3.8, 4) is 11.5 Å². The van der Waals surface area contributed by atoms with Crippen LogP contribution in [0.1, 0.15) is 24.0 Å². The summed E-state index contributed by atoms with van der Waals surface area (Å²) in [6.07, 6.45) is 1.43. The Hall–Kier alpha value is -3.73. The van der Waals surface area contributed by atoms with Gasteiger partial charge in [-0.15, -0.1) is 0 Å². The first-order chi connectivity index (χ1) is 15.2. The fourth-order valence-corrected chi connectivity index (χ4v) is 3.73. The van der Waals surface area contributed by atoms with E-state index in [-0.39, 0.29) is 11.8 Å². The number of hydrogen-bond donors (Lipinski definition) is 2. The van der Waals surface area contributed by atoms with Gasteiger partial charge in [0.2, 0.25) is 0 Å². The molecule has 0 aliphatic rings. The Bertz CT molecular complexity index is 1140. The van der Waals surface area contributed by atoms with Gasteiger partial charge in [0.25, 0.3) is 5.91 Å². The largest absolute Gasteiger partial charge is 0.497 e. The van der Waals surface area contributed by atoms with E-state index in [1.807, 2.05) is 72.9 Å². The summed E-state index contributed by atoms with van der Waals surface area (Å²) >= 11 is 0. The second-order valence-corrected chi connectivity index (χ2v) is 7.43. The molecular formula is C26H26N2O3. The fraction of sp³-hybridized carbons (Fsp3) is 0.192. The van der Waals surface area contributed by atoms with Crippen LogP contribution >= 0.6 is 0 Å². The summed E-state index contributed by atoms with van der Waals surface area (Å²) in [6.45, 7) is 2.21. The van der Waals surface area contributed by atoms with E-state index in [1.165, 1.54) is 0 Å². The van der Waals surface area contributed by atoms with Crippen molar-refractivity contribution in [1.29, 1.82) is 0 Å². The molecule has 2 atom stereocenters. The highest BCUT2D eigenvalue weighted by atomic mass is 16.5. The molecule has 0 bridgehead atoms. The van der Waals surface area contributed by atoms with E-state index in [0.29, 0.717) is 12.3 Å². The van der Waals surface area contributed by atoms with Crippen molar-refractivity contribution in [3.05, 3.63) is 96.2 Å². The van der Waals surface area contributed by atoms with Gasteiger partial charge in [-0.2, -0.15) is 0 Å². The van der Waals surface area contributed by atoms with Gasteiger partial charge in [-0.1, -0.05) is 48.5 Å². The second-order valence-electron chi connectivity index (χ2n) is 7.43. The van der Waals surface area contributed by atoms with Crippen LogP contribution in [0.15, 0.2) is 85.1 Å². The molecule has 3 aromatic carbocycles. The monoisotopic (exact) mass is 414 g/mol. The molecule has 4 aromatic rings. The van der Waals surface area contributed by atoms with Gasteiger partial charge >= 0.3 is 0 Å². The van der Waals surface area contributed by atoms with Crippen LogP contribution in [-0.2, 0) is 4.79 Å². The Morgan fingerprint density at radius 1 is 0.935 bits per heavy atom. The normalized spacial score (nSPS) is 12.8. The van der Waals surface area contributed by atoms with Crippen molar-refractivity contribution < 1.29 is 14.3 Å². The number of aromatic amines is 1. The molecule has 31 heavy (non-hydrogen) atoms. The zero-order valence-electron chi connectivity index (χ0n) is 17.7. The van der Waals surface area contributed by atoms with Crippen LogP contribution in [0.2, 0.25) is 0 Å². The van der Waals surface area contributed by atoms with Crippen LogP contribution in [0.25, 0.3) is 10.9 Å². The number of methoxy groups -OCH3 is 1. The molecule has 0 aliphatic heterocycles. The lowest BCUT2D eigenvalue weighted by molar-refractivity contribution is -0.127. The van der Waals surface area contributed by atoms with E-state index in [1.54, 1.807) is 14.0 Å². The van der Waals surface area contributed by atoms with Crippen molar-refractivity contribution >= 4 is 16.8 Å². The average molecular weight is 415 g/mol. The van der Waals surface area contributed by atoms with Crippen LogP contribution < -0.4 is 14.8 Å². The minimum absolute atomic E-state index is 0.0186. The third-order valence-electron chi connectivity index (χ3n) is 5.42. The van der Waals surface area contributed by atoms with Gasteiger partial charge in [-0.25, -0.2) is 0 Å². The number of nitrogens with one attached hydrogen (secondary N) is 2. The number of hydrogen-bond acceptors (Lipinski definition) is 3. The molecule has 2 unspecified atom stereocenters.